The molecule has 2 aromatic carbocycles. The fourth-order valence-electron chi connectivity index (χ4n) is 5.48. The predicted molar refractivity (Wildman–Crippen MR) is 167 cm³/mol. The minimum atomic E-state index is -3.23. The molecular formula is C32H47N5O3S. The average molecular weight is 582 g/mol. The molecule has 1 aliphatic heterocycles. The van der Waals surface area contributed by atoms with E-state index in [1.807, 2.05) is 35.2 Å². The van der Waals surface area contributed by atoms with Gasteiger partial charge < -0.3 is 19.7 Å². The molecule has 0 bridgehead atoms. The Labute approximate surface area is 246 Å². The van der Waals surface area contributed by atoms with Crippen molar-refractivity contribution in [2.24, 2.45) is 0 Å². The number of nitrogens with one attached hydrogen (secondary N) is 1. The third-order valence-electron chi connectivity index (χ3n) is 7.95. The molecule has 2 heterocycles. The number of hydrogen-bond donors (Lipinski definition) is 1. The summed E-state index contributed by atoms with van der Waals surface area (Å²) in [7, 11) is -3.23. The van der Waals surface area contributed by atoms with Crippen molar-refractivity contribution in [2.45, 2.75) is 83.2 Å². The number of rotatable bonds is 15. The van der Waals surface area contributed by atoms with Crippen LogP contribution in [0.1, 0.15) is 81.1 Å². The Morgan fingerprint density at radius 2 is 1.61 bits per heavy atom. The third kappa shape index (κ3) is 8.55. The molecule has 0 radical (unpaired) electrons. The van der Waals surface area contributed by atoms with Gasteiger partial charge in [-0.05, 0) is 87.6 Å². The van der Waals surface area contributed by atoms with Gasteiger partial charge >= 0.3 is 0 Å². The van der Waals surface area contributed by atoms with E-state index in [2.05, 4.69) is 28.6 Å². The molecule has 1 aliphatic rings. The number of nitrogens with zero attached hydrogens (tertiary/aromatic N) is 4. The molecule has 1 amide bonds. The first-order valence-electron chi connectivity index (χ1n) is 15.3. The zero-order valence-corrected chi connectivity index (χ0v) is 25.9. The SMILES string of the molecule is CCCCN(CCCC)C(=O)c1ccc2nc(NCc3ccc(S(C)(=O)=O)cc3)n(CCCN3CCCCC3)c2c1. The number of amides is 1. The molecule has 41 heavy (non-hydrogen) atoms. The number of hydrogen-bond acceptors (Lipinski definition) is 6. The van der Waals surface area contributed by atoms with E-state index in [1.165, 1.54) is 38.6 Å². The van der Waals surface area contributed by atoms with Crippen molar-refractivity contribution in [3.05, 3.63) is 53.6 Å². The van der Waals surface area contributed by atoms with Gasteiger partial charge in [0.2, 0.25) is 5.95 Å². The van der Waals surface area contributed by atoms with Crippen LogP contribution in [0.15, 0.2) is 47.4 Å². The molecule has 0 aliphatic carbocycles. The number of unbranched alkanes of at least 4 members (excludes halogenated alkanes) is 2. The maximum Gasteiger partial charge on any atom is 0.253 e. The second-order valence-electron chi connectivity index (χ2n) is 11.3. The number of likely N-dealkylation sites (tertiary alicyclic amines) is 1. The second-order valence-corrected chi connectivity index (χ2v) is 13.3. The van der Waals surface area contributed by atoms with E-state index < -0.39 is 9.84 Å². The molecule has 1 N–H and O–H groups in total. The minimum Gasteiger partial charge on any atom is -0.352 e. The summed E-state index contributed by atoms with van der Waals surface area (Å²) in [4.78, 5) is 23.4. The van der Waals surface area contributed by atoms with Crippen molar-refractivity contribution in [2.75, 3.05) is 44.3 Å². The first kappa shape index (κ1) is 31.0. The number of piperidine rings is 1. The van der Waals surface area contributed by atoms with E-state index in [9.17, 15) is 13.2 Å². The largest absolute Gasteiger partial charge is 0.352 e. The van der Waals surface area contributed by atoms with Crippen molar-refractivity contribution in [3.63, 3.8) is 0 Å². The van der Waals surface area contributed by atoms with Crippen LogP contribution >= 0.6 is 0 Å². The molecule has 0 spiro atoms. The van der Waals surface area contributed by atoms with E-state index in [0.29, 0.717) is 17.0 Å². The summed E-state index contributed by atoms with van der Waals surface area (Å²) in [6, 6.07) is 12.9. The van der Waals surface area contributed by atoms with Gasteiger partial charge in [-0.1, -0.05) is 45.2 Å². The maximum atomic E-state index is 13.6. The Kier molecular flexibility index (Phi) is 11.2. The normalized spacial score (nSPS) is 14.4. The Morgan fingerprint density at radius 1 is 0.927 bits per heavy atom. The lowest BCUT2D eigenvalue weighted by Crippen LogP contribution is -2.33. The summed E-state index contributed by atoms with van der Waals surface area (Å²) in [6.45, 7) is 10.6. The first-order chi connectivity index (χ1) is 19.8. The van der Waals surface area contributed by atoms with E-state index in [-0.39, 0.29) is 5.91 Å². The fourth-order valence-corrected chi connectivity index (χ4v) is 6.11. The molecule has 1 fully saturated rings. The van der Waals surface area contributed by atoms with E-state index in [4.69, 9.17) is 4.98 Å². The highest BCUT2D eigenvalue weighted by molar-refractivity contribution is 7.90. The van der Waals surface area contributed by atoms with E-state index >= 15 is 0 Å². The van der Waals surface area contributed by atoms with Gasteiger partial charge in [-0.25, -0.2) is 13.4 Å². The quantitative estimate of drug-likeness (QED) is 0.238. The predicted octanol–water partition coefficient (Wildman–Crippen LogP) is 5.97. The molecule has 1 saturated heterocycles. The Balaban J connectivity index is 1.57. The molecule has 0 atom stereocenters. The third-order valence-corrected chi connectivity index (χ3v) is 9.08. The molecular weight excluding hydrogens is 534 g/mol. The van der Waals surface area contributed by atoms with Gasteiger partial charge in [-0.15, -0.1) is 0 Å². The summed E-state index contributed by atoms with van der Waals surface area (Å²) < 4.78 is 25.9. The zero-order chi connectivity index (χ0) is 29.2. The number of carbonyl (C=O) groups excluding carboxylic acids is 1. The van der Waals surface area contributed by atoms with Crippen LogP contribution in [-0.2, 0) is 22.9 Å². The second kappa shape index (κ2) is 14.8. The molecule has 4 rings (SSSR count). The lowest BCUT2D eigenvalue weighted by Gasteiger charge is -2.26. The van der Waals surface area contributed by atoms with Gasteiger partial charge in [-0.2, -0.15) is 0 Å². The summed E-state index contributed by atoms with van der Waals surface area (Å²) in [5.74, 6) is 0.861. The van der Waals surface area contributed by atoms with E-state index in [0.717, 1.165) is 80.8 Å². The average Bonchev–Trinajstić information content (AvgIpc) is 3.32. The summed E-state index contributed by atoms with van der Waals surface area (Å²) in [5.41, 5.74) is 3.52. The smallest absolute Gasteiger partial charge is 0.253 e. The number of imidazole rings is 1. The topological polar surface area (TPSA) is 87.5 Å². The van der Waals surface area contributed by atoms with Crippen molar-refractivity contribution < 1.29 is 13.2 Å². The van der Waals surface area contributed by atoms with Gasteiger partial charge in [0.1, 0.15) is 0 Å². The standard InChI is InChI=1S/C32H47N5O3S/c1-4-6-21-36(22-7-5-2)31(38)27-14-17-29-30(24-27)37(23-11-20-35-18-9-8-10-19-35)32(34-29)33-25-26-12-15-28(16-13-26)41(3,39)40/h12-17,24H,4-11,18-23,25H2,1-3H3,(H,33,34). The summed E-state index contributed by atoms with van der Waals surface area (Å²) in [6.07, 6.45) is 10.2. The van der Waals surface area contributed by atoms with Crippen LogP contribution in [0.3, 0.4) is 0 Å². The van der Waals surface area contributed by atoms with Crippen LogP contribution in [0.25, 0.3) is 11.0 Å². The molecule has 224 valence electrons. The highest BCUT2D eigenvalue weighted by Crippen LogP contribution is 2.24. The van der Waals surface area contributed by atoms with Crippen LogP contribution < -0.4 is 5.32 Å². The number of carbonyl (C=O) groups is 1. The number of sulfone groups is 1. The zero-order valence-electron chi connectivity index (χ0n) is 25.1. The highest BCUT2D eigenvalue weighted by atomic mass is 32.2. The van der Waals surface area contributed by atoms with Crippen molar-refractivity contribution in [1.29, 1.82) is 0 Å². The lowest BCUT2D eigenvalue weighted by molar-refractivity contribution is 0.0751. The number of aromatic nitrogens is 2. The minimum absolute atomic E-state index is 0.0929. The van der Waals surface area contributed by atoms with Crippen LogP contribution in [0.5, 0.6) is 0 Å². The van der Waals surface area contributed by atoms with Crippen molar-refractivity contribution in [3.8, 4) is 0 Å². The van der Waals surface area contributed by atoms with Gasteiger partial charge in [0.15, 0.2) is 9.84 Å². The van der Waals surface area contributed by atoms with Crippen LogP contribution in [0, 0.1) is 0 Å². The number of anilines is 1. The monoisotopic (exact) mass is 581 g/mol. The van der Waals surface area contributed by atoms with Crippen molar-refractivity contribution in [1.82, 2.24) is 19.4 Å². The van der Waals surface area contributed by atoms with Gasteiger partial charge in [-0.3, -0.25) is 4.79 Å². The number of benzene rings is 2. The Hall–Kier alpha value is -2.91. The summed E-state index contributed by atoms with van der Waals surface area (Å²) in [5, 5.41) is 3.49. The van der Waals surface area contributed by atoms with Crippen molar-refractivity contribution >= 4 is 32.7 Å². The Bertz CT molecular complexity index is 1370. The molecule has 3 aromatic rings. The molecule has 0 saturated carbocycles. The molecule has 9 heteroatoms. The highest BCUT2D eigenvalue weighted by Gasteiger charge is 2.19. The number of fused-ring (bicyclic) bond motifs is 1. The fraction of sp³-hybridized carbons (Fsp3) is 0.562. The maximum absolute atomic E-state index is 13.6. The lowest BCUT2D eigenvalue weighted by atomic mass is 10.1. The van der Waals surface area contributed by atoms with Crippen LogP contribution in [0.4, 0.5) is 5.95 Å². The molecule has 1 aromatic heterocycles. The summed E-state index contributed by atoms with van der Waals surface area (Å²) >= 11 is 0. The Morgan fingerprint density at radius 3 is 2.24 bits per heavy atom. The van der Waals surface area contributed by atoms with Gasteiger partial charge in [0.05, 0.1) is 15.9 Å². The first-order valence-corrected chi connectivity index (χ1v) is 17.2. The van der Waals surface area contributed by atoms with Gasteiger partial charge in [0.25, 0.3) is 5.91 Å². The van der Waals surface area contributed by atoms with E-state index in [1.54, 1.807) is 12.1 Å². The number of aryl methyl sites for hydroxylation is 1. The molecule has 8 nitrogen and oxygen atoms in total. The van der Waals surface area contributed by atoms with Crippen LogP contribution in [0.2, 0.25) is 0 Å². The van der Waals surface area contributed by atoms with Gasteiger partial charge in [0, 0.05) is 38.0 Å². The van der Waals surface area contributed by atoms with Crippen LogP contribution in [-0.4, -0.2) is 72.7 Å². The molecule has 0 unspecified atom stereocenters.